The Morgan fingerprint density at radius 2 is 2.09 bits per heavy atom. The number of hydrogen-bond donors (Lipinski definition) is 2. The number of anilines is 1. The fraction of sp³-hybridized carbons (Fsp3) is 0.577. The number of aliphatic carboxylic acids is 1. The molecule has 0 aromatic carbocycles. The zero-order chi connectivity index (χ0) is 24.1. The molecule has 0 saturated carbocycles. The van der Waals surface area contributed by atoms with Crippen LogP contribution in [0.5, 0.6) is 0 Å². The van der Waals surface area contributed by atoms with Gasteiger partial charge in [0.1, 0.15) is 11.6 Å². The maximum absolute atomic E-state index is 13.1. The summed E-state index contributed by atoms with van der Waals surface area (Å²) in [6.45, 7) is 5.55. The summed E-state index contributed by atoms with van der Waals surface area (Å²) in [6, 6.07) is 4.47. The molecule has 2 aromatic heterocycles. The second-order valence-corrected chi connectivity index (χ2v) is 9.69. The maximum atomic E-state index is 13.1. The summed E-state index contributed by atoms with van der Waals surface area (Å²) < 4.78 is 0. The Balaban J connectivity index is 1.29. The SMILES string of the molecule is Cc1ncc([C@@H](CCCN2C(=O)[C@@H](CCc3ccc4c(n3)NCCC4)C[C@H]2C)CC(=O)O)cn1. The Kier molecular flexibility index (Phi) is 7.75. The van der Waals surface area contributed by atoms with Crippen LogP contribution < -0.4 is 5.32 Å². The number of carboxylic acid groups (broad SMARTS) is 1. The minimum Gasteiger partial charge on any atom is -0.481 e. The van der Waals surface area contributed by atoms with Crippen molar-refractivity contribution in [3.63, 3.8) is 0 Å². The first kappa shape index (κ1) is 24.1. The fourth-order valence-corrected chi connectivity index (χ4v) is 5.21. The highest BCUT2D eigenvalue weighted by Gasteiger charge is 2.36. The van der Waals surface area contributed by atoms with Gasteiger partial charge in [-0.3, -0.25) is 9.59 Å². The van der Waals surface area contributed by atoms with Crippen LogP contribution in [0.3, 0.4) is 0 Å². The van der Waals surface area contributed by atoms with Crippen LogP contribution in [0.15, 0.2) is 24.5 Å². The number of carbonyl (C=O) groups is 2. The van der Waals surface area contributed by atoms with Crippen LogP contribution >= 0.6 is 0 Å². The van der Waals surface area contributed by atoms with Gasteiger partial charge in [0.15, 0.2) is 0 Å². The summed E-state index contributed by atoms with van der Waals surface area (Å²) in [5.41, 5.74) is 3.17. The van der Waals surface area contributed by atoms with Crippen LogP contribution in [0.25, 0.3) is 0 Å². The van der Waals surface area contributed by atoms with Gasteiger partial charge in [-0.25, -0.2) is 15.0 Å². The molecule has 2 aromatic rings. The lowest BCUT2D eigenvalue weighted by molar-refractivity contribution is -0.137. The predicted octanol–water partition coefficient (Wildman–Crippen LogP) is 3.75. The highest BCUT2D eigenvalue weighted by atomic mass is 16.4. The third kappa shape index (κ3) is 5.90. The summed E-state index contributed by atoms with van der Waals surface area (Å²) in [6.07, 6.45) is 9.64. The van der Waals surface area contributed by atoms with Crippen molar-refractivity contribution in [2.24, 2.45) is 5.92 Å². The average molecular weight is 466 g/mol. The van der Waals surface area contributed by atoms with E-state index in [1.54, 1.807) is 12.4 Å². The second kappa shape index (κ2) is 10.9. The van der Waals surface area contributed by atoms with Gasteiger partial charge in [0.2, 0.25) is 5.91 Å². The molecule has 2 aliphatic heterocycles. The zero-order valence-corrected chi connectivity index (χ0v) is 20.2. The van der Waals surface area contributed by atoms with Gasteiger partial charge in [0.25, 0.3) is 0 Å². The van der Waals surface area contributed by atoms with Crippen LogP contribution in [0.4, 0.5) is 5.82 Å². The molecule has 0 aliphatic carbocycles. The quantitative estimate of drug-likeness (QED) is 0.550. The van der Waals surface area contributed by atoms with E-state index in [1.807, 2.05) is 11.8 Å². The van der Waals surface area contributed by atoms with Gasteiger partial charge < -0.3 is 15.3 Å². The Morgan fingerprint density at radius 3 is 2.85 bits per heavy atom. The van der Waals surface area contributed by atoms with Crippen molar-refractivity contribution in [3.8, 4) is 0 Å². The monoisotopic (exact) mass is 465 g/mol. The number of nitrogens with zero attached hydrogens (tertiary/aromatic N) is 4. The van der Waals surface area contributed by atoms with Gasteiger partial charge >= 0.3 is 5.97 Å². The van der Waals surface area contributed by atoms with E-state index < -0.39 is 5.97 Å². The molecule has 34 heavy (non-hydrogen) atoms. The minimum atomic E-state index is -0.831. The highest BCUT2D eigenvalue weighted by Crippen LogP contribution is 2.30. The maximum Gasteiger partial charge on any atom is 0.303 e. The van der Waals surface area contributed by atoms with Crippen molar-refractivity contribution in [2.45, 2.75) is 77.2 Å². The number of amides is 1. The molecule has 4 heterocycles. The Labute approximate surface area is 201 Å². The number of likely N-dealkylation sites (tertiary alicyclic amines) is 1. The summed E-state index contributed by atoms with van der Waals surface area (Å²) in [4.78, 5) is 39.7. The van der Waals surface area contributed by atoms with Crippen molar-refractivity contribution >= 4 is 17.7 Å². The topological polar surface area (TPSA) is 108 Å². The van der Waals surface area contributed by atoms with Crippen LogP contribution in [-0.2, 0) is 22.4 Å². The van der Waals surface area contributed by atoms with Gasteiger partial charge in [-0.1, -0.05) is 6.07 Å². The molecular weight excluding hydrogens is 430 g/mol. The minimum absolute atomic E-state index is 0.0288. The molecule has 2 N–H and O–H groups in total. The van der Waals surface area contributed by atoms with E-state index in [0.717, 1.165) is 62.1 Å². The number of carboxylic acids is 1. The molecule has 0 unspecified atom stereocenters. The second-order valence-electron chi connectivity index (χ2n) is 9.69. The van der Waals surface area contributed by atoms with Crippen LogP contribution in [0.2, 0.25) is 0 Å². The van der Waals surface area contributed by atoms with Gasteiger partial charge in [-0.2, -0.15) is 0 Å². The van der Waals surface area contributed by atoms with E-state index in [1.165, 1.54) is 5.56 Å². The molecule has 3 atom stereocenters. The molecule has 1 fully saturated rings. The average Bonchev–Trinajstić information content (AvgIpc) is 3.09. The summed E-state index contributed by atoms with van der Waals surface area (Å²) >= 11 is 0. The number of nitrogens with one attached hydrogen (secondary N) is 1. The molecule has 0 spiro atoms. The summed E-state index contributed by atoms with van der Waals surface area (Å²) in [7, 11) is 0. The molecule has 0 radical (unpaired) electrons. The Hall–Kier alpha value is -3.03. The van der Waals surface area contributed by atoms with E-state index >= 15 is 0 Å². The number of hydrogen-bond acceptors (Lipinski definition) is 6. The number of carbonyl (C=O) groups excluding carboxylic acids is 1. The number of pyridine rings is 1. The fourth-order valence-electron chi connectivity index (χ4n) is 5.21. The van der Waals surface area contributed by atoms with E-state index in [2.05, 4.69) is 34.3 Å². The Morgan fingerprint density at radius 1 is 1.29 bits per heavy atom. The zero-order valence-electron chi connectivity index (χ0n) is 20.2. The largest absolute Gasteiger partial charge is 0.481 e. The predicted molar refractivity (Wildman–Crippen MR) is 130 cm³/mol. The van der Waals surface area contributed by atoms with E-state index in [4.69, 9.17) is 4.98 Å². The first-order chi connectivity index (χ1) is 16.4. The Bertz CT molecular complexity index is 1010. The molecule has 0 bridgehead atoms. The lowest BCUT2D eigenvalue weighted by Gasteiger charge is -2.23. The number of rotatable bonds is 10. The third-order valence-electron chi connectivity index (χ3n) is 7.14. The van der Waals surface area contributed by atoms with Crippen molar-refractivity contribution in [2.75, 3.05) is 18.4 Å². The lowest BCUT2D eigenvalue weighted by Crippen LogP contribution is -2.33. The van der Waals surface area contributed by atoms with Crippen molar-refractivity contribution in [1.82, 2.24) is 19.9 Å². The molecule has 1 saturated heterocycles. The lowest BCUT2D eigenvalue weighted by atomic mass is 9.93. The molecule has 8 nitrogen and oxygen atoms in total. The van der Waals surface area contributed by atoms with Gasteiger partial charge in [-0.05, 0) is 81.9 Å². The molecule has 1 amide bonds. The summed E-state index contributed by atoms with van der Waals surface area (Å²) in [5, 5.41) is 12.7. The van der Waals surface area contributed by atoms with Gasteiger partial charge in [-0.15, -0.1) is 0 Å². The van der Waals surface area contributed by atoms with Crippen molar-refractivity contribution in [3.05, 3.63) is 47.2 Å². The number of aromatic nitrogens is 3. The number of fused-ring (bicyclic) bond motifs is 1. The smallest absolute Gasteiger partial charge is 0.303 e. The third-order valence-corrected chi connectivity index (χ3v) is 7.14. The van der Waals surface area contributed by atoms with Crippen LogP contribution in [0, 0.1) is 12.8 Å². The molecular formula is C26H35N5O3. The number of aryl methyl sites for hydroxylation is 3. The first-order valence-corrected chi connectivity index (χ1v) is 12.4. The van der Waals surface area contributed by atoms with E-state index in [9.17, 15) is 14.7 Å². The highest BCUT2D eigenvalue weighted by molar-refractivity contribution is 5.81. The first-order valence-electron chi connectivity index (χ1n) is 12.4. The molecule has 4 rings (SSSR count). The normalized spacial score (nSPS) is 20.6. The standard InChI is InChI=1S/C26H35N5O3/c1-17-13-21(8-10-23-9-7-19-5-3-11-27-25(19)30-23)26(34)31(17)12-4-6-20(14-24(32)33)22-15-28-18(2)29-16-22/h7,9,15-17,20-21H,3-6,8,10-14H2,1-2H3,(H,27,30)(H,32,33)/t17-,20+,21+/m1/s1. The van der Waals surface area contributed by atoms with Crippen LogP contribution in [0.1, 0.15) is 74.0 Å². The molecule has 2 aliphatic rings. The van der Waals surface area contributed by atoms with E-state index in [-0.39, 0.29) is 30.2 Å². The van der Waals surface area contributed by atoms with Crippen molar-refractivity contribution in [1.29, 1.82) is 0 Å². The molecule has 8 heteroatoms. The van der Waals surface area contributed by atoms with Crippen molar-refractivity contribution < 1.29 is 14.7 Å². The summed E-state index contributed by atoms with van der Waals surface area (Å²) in [5.74, 6) is 0.944. The molecule has 182 valence electrons. The van der Waals surface area contributed by atoms with Crippen LogP contribution in [-0.4, -0.2) is 56.0 Å². The van der Waals surface area contributed by atoms with E-state index in [0.29, 0.717) is 18.8 Å². The van der Waals surface area contributed by atoms with Gasteiger partial charge in [0.05, 0.1) is 6.42 Å². The van der Waals surface area contributed by atoms with Gasteiger partial charge in [0, 0.05) is 43.1 Å².